The van der Waals surface area contributed by atoms with E-state index in [0.717, 1.165) is 18.7 Å². The Morgan fingerprint density at radius 3 is 2.86 bits per heavy atom. The van der Waals surface area contributed by atoms with E-state index >= 15 is 0 Å². The van der Waals surface area contributed by atoms with Crippen LogP contribution in [0.5, 0.6) is 11.5 Å². The van der Waals surface area contributed by atoms with Gasteiger partial charge in [0.15, 0.2) is 11.5 Å². The van der Waals surface area contributed by atoms with Crippen molar-refractivity contribution in [1.82, 2.24) is 9.55 Å². The van der Waals surface area contributed by atoms with Gasteiger partial charge in [-0.2, -0.15) is 0 Å². The van der Waals surface area contributed by atoms with Crippen LogP contribution in [-0.2, 0) is 13.2 Å². The maximum Gasteiger partial charge on any atom is 0.335 e. The molecule has 0 aliphatic carbocycles. The average molecular weight is 290 g/mol. The molecule has 0 amide bonds. The van der Waals surface area contributed by atoms with Crippen LogP contribution in [-0.4, -0.2) is 27.7 Å². The molecule has 0 spiro atoms. The Hall–Kier alpha value is -2.50. The molecule has 0 radical (unpaired) electrons. The van der Waals surface area contributed by atoms with Crippen LogP contribution >= 0.6 is 0 Å². The fourth-order valence-corrected chi connectivity index (χ4v) is 1.98. The van der Waals surface area contributed by atoms with Crippen LogP contribution in [0.15, 0.2) is 30.7 Å². The molecule has 1 heterocycles. The van der Waals surface area contributed by atoms with Crippen LogP contribution in [0.4, 0.5) is 0 Å². The van der Waals surface area contributed by atoms with E-state index in [1.807, 2.05) is 4.57 Å². The topological polar surface area (TPSA) is 73.6 Å². The predicted molar refractivity (Wildman–Crippen MR) is 76.8 cm³/mol. The number of hydrogen-bond donors (Lipinski definition) is 1. The Morgan fingerprint density at radius 2 is 2.19 bits per heavy atom. The minimum Gasteiger partial charge on any atom is -0.493 e. The molecule has 0 aliphatic rings. The Kier molecular flexibility index (Phi) is 4.81. The lowest BCUT2D eigenvalue weighted by molar-refractivity contribution is 0.0696. The lowest BCUT2D eigenvalue weighted by atomic mass is 10.2. The van der Waals surface area contributed by atoms with Crippen molar-refractivity contribution in [2.24, 2.45) is 0 Å². The van der Waals surface area contributed by atoms with Crippen molar-refractivity contribution < 1.29 is 19.4 Å². The van der Waals surface area contributed by atoms with E-state index in [1.54, 1.807) is 18.6 Å². The standard InChI is InChI=1S/C15H18N2O4/c1-3-6-17-10-16-8-12(17)9-21-13-5-4-11(15(18)19)7-14(13)20-2/h4-5,7-8,10H,3,6,9H2,1-2H3,(H,18,19). The Bertz CT molecular complexity index is 622. The molecule has 2 rings (SSSR count). The van der Waals surface area contributed by atoms with Gasteiger partial charge in [-0.05, 0) is 24.6 Å². The number of carboxylic acids is 1. The molecule has 0 atom stereocenters. The number of carboxylic acid groups (broad SMARTS) is 1. The van der Waals surface area contributed by atoms with Gasteiger partial charge in [-0.3, -0.25) is 0 Å². The second kappa shape index (κ2) is 6.78. The SMILES string of the molecule is CCCn1cncc1COc1ccc(C(=O)O)cc1OC. The van der Waals surface area contributed by atoms with Gasteiger partial charge < -0.3 is 19.1 Å². The van der Waals surface area contributed by atoms with Gasteiger partial charge in [0, 0.05) is 6.54 Å². The summed E-state index contributed by atoms with van der Waals surface area (Å²) in [6.45, 7) is 3.33. The van der Waals surface area contributed by atoms with E-state index in [4.69, 9.17) is 14.6 Å². The largest absolute Gasteiger partial charge is 0.493 e. The van der Waals surface area contributed by atoms with E-state index in [2.05, 4.69) is 11.9 Å². The van der Waals surface area contributed by atoms with E-state index in [0.29, 0.717) is 18.1 Å². The summed E-state index contributed by atoms with van der Waals surface area (Å²) < 4.78 is 12.9. The van der Waals surface area contributed by atoms with Crippen molar-refractivity contribution in [3.63, 3.8) is 0 Å². The quantitative estimate of drug-likeness (QED) is 0.848. The van der Waals surface area contributed by atoms with Crippen LogP contribution in [0.2, 0.25) is 0 Å². The number of benzene rings is 1. The van der Waals surface area contributed by atoms with Gasteiger partial charge in [0.2, 0.25) is 0 Å². The number of carbonyl (C=O) groups is 1. The molecule has 0 aliphatic heterocycles. The van der Waals surface area contributed by atoms with Gasteiger partial charge in [0.05, 0.1) is 30.9 Å². The fraction of sp³-hybridized carbons (Fsp3) is 0.333. The summed E-state index contributed by atoms with van der Waals surface area (Å²) in [6, 6.07) is 4.54. The zero-order valence-electron chi connectivity index (χ0n) is 12.1. The maximum absolute atomic E-state index is 10.9. The molecule has 6 nitrogen and oxygen atoms in total. The van der Waals surface area contributed by atoms with Gasteiger partial charge in [0.1, 0.15) is 6.61 Å². The third-order valence-electron chi connectivity index (χ3n) is 3.05. The third-order valence-corrected chi connectivity index (χ3v) is 3.05. The summed E-state index contributed by atoms with van der Waals surface area (Å²) in [5.41, 5.74) is 1.12. The number of nitrogens with zero attached hydrogens (tertiary/aromatic N) is 2. The third kappa shape index (κ3) is 3.53. The second-order valence-electron chi connectivity index (χ2n) is 4.54. The lowest BCUT2D eigenvalue weighted by Gasteiger charge is -2.12. The van der Waals surface area contributed by atoms with E-state index in [-0.39, 0.29) is 5.56 Å². The van der Waals surface area contributed by atoms with Gasteiger partial charge in [-0.1, -0.05) is 6.92 Å². The van der Waals surface area contributed by atoms with Crippen LogP contribution in [0.1, 0.15) is 29.4 Å². The van der Waals surface area contributed by atoms with Crippen LogP contribution in [0, 0.1) is 0 Å². The minimum atomic E-state index is -0.999. The van der Waals surface area contributed by atoms with Crippen LogP contribution in [0.25, 0.3) is 0 Å². The molecule has 1 aromatic heterocycles. The minimum absolute atomic E-state index is 0.162. The fourth-order valence-electron chi connectivity index (χ4n) is 1.98. The summed E-state index contributed by atoms with van der Waals surface area (Å²) in [5, 5.41) is 8.96. The van der Waals surface area contributed by atoms with Crippen LogP contribution < -0.4 is 9.47 Å². The number of aromatic nitrogens is 2. The second-order valence-corrected chi connectivity index (χ2v) is 4.54. The number of rotatable bonds is 7. The Labute approximate surface area is 122 Å². The van der Waals surface area contributed by atoms with Gasteiger partial charge in [-0.15, -0.1) is 0 Å². The highest BCUT2D eigenvalue weighted by Gasteiger charge is 2.11. The van der Waals surface area contributed by atoms with E-state index < -0.39 is 5.97 Å². The molecule has 2 aromatic rings. The number of methoxy groups -OCH3 is 1. The molecule has 1 N–H and O–H groups in total. The highest BCUT2D eigenvalue weighted by molar-refractivity contribution is 5.88. The normalized spacial score (nSPS) is 10.4. The van der Waals surface area contributed by atoms with E-state index in [9.17, 15) is 4.79 Å². The summed E-state index contributed by atoms with van der Waals surface area (Å²) >= 11 is 0. The molecular weight excluding hydrogens is 272 g/mol. The first-order chi connectivity index (χ1) is 10.2. The molecule has 112 valence electrons. The first kappa shape index (κ1) is 14.9. The first-order valence-corrected chi connectivity index (χ1v) is 6.68. The zero-order chi connectivity index (χ0) is 15.2. The molecule has 21 heavy (non-hydrogen) atoms. The van der Waals surface area contributed by atoms with Crippen LogP contribution in [0.3, 0.4) is 0 Å². The number of imidazole rings is 1. The van der Waals surface area contributed by atoms with Crippen molar-refractivity contribution >= 4 is 5.97 Å². The van der Waals surface area contributed by atoms with Crippen molar-refractivity contribution in [3.05, 3.63) is 42.0 Å². The average Bonchev–Trinajstić information content (AvgIpc) is 2.92. The lowest BCUT2D eigenvalue weighted by Crippen LogP contribution is -2.06. The van der Waals surface area contributed by atoms with Gasteiger partial charge in [0.25, 0.3) is 0 Å². The van der Waals surface area contributed by atoms with Crippen molar-refractivity contribution in [2.75, 3.05) is 7.11 Å². The number of aromatic carboxylic acids is 1. The summed E-state index contributed by atoms with van der Waals surface area (Å²) in [7, 11) is 1.48. The highest BCUT2D eigenvalue weighted by atomic mass is 16.5. The smallest absolute Gasteiger partial charge is 0.335 e. The van der Waals surface area contributed by atoms with E-state index in [1.165, 1.54) is 19.2 Å². The molecule has 0 bridgehead atoms. The van der Waals surface area contributed by atoms with Gasteiger partial charge >= 0.3 is 5.97 Å². The molecule has 0 saturated heterocycles. The molecule has 0 unspecified atom stereocenters. The molecule has 0 fully saturated rings. The zero-order valence-corrected chi connectivity index (χ0v) is 12.1. The number of hydrogen-bond acceptors (Lipinski definition) is 4. The molecule has 0 saturated carbocycles. The molecule has 6 heteroatoms. The summed E-state index contributed by atoms with van der Waals surface area (Å²) in [5.74, 6) is -0.0934. The van der Waals surface area contributed by atoms with Crippen molar-refractivity contribution in [1.29, 1.82) is 0 Å². The maximum atomic E-state index is 10.9. The van der Waals surface area contributed by atoms with Crippen molar-refractivity contribution in [2.45, 2.75) is 26.5 Å². The summed E-state index contributed by atoms with van der Waals surface area (Å²) in [4.78, 5) is 15.0. The highest BCUT2D eigenvalue weighted by Crippen LogP contribution is 2.28. The monoisotopic (exact) mass is 290 g/mol. The van der Waals surface area contributed by atoms with Crippen molar-refractivity contribution in [3.8, 4) is 11.5 Å². The number of ether oxygens (including phenoxy) is 2. The van der Waals surface area contributed by atoms with Gasteiger partial charge in [-0.25, -0.2) is 9.78 Å². The summed E-state index contributed by atoms with van der Waals surface area (Å²) in [6.07, 6.45) is 4.54. The Morgan fingerprint density at radius 1 is 1.38 bits per heavy atom. The molecule has 1 aromatic carbocycles. The first-order valence-electron chi connectivity index (χ1n) is 6.68. The predicted octanol–water partition coefficient (Wildman–Crippen LogP) is 2.58. The number of aryl methyl sites for hydroxylation is 1. The Balaban J connectivity index is 2.12. The molecular formula is C15H18N2O4.